The van der Waals surface area contributed by atoms with Crippen LogP contribution in [0.25, 0.3) is 10.9 Å². The Kier molecular flexibility index (Phi) is 7.51. The van der Waals surface area contributed by atoms with Crippen molar-refractivity contribution in [2.75, 3.05) is 10.2 Å². The van der Waals surface area contributed by atoms with Gasteiger partial charge in [0.15, 0.2) is 5.69 Å². The lowest BCUT2D eigenvalue weighted by Crippen LogP contribution is -2.32. The molecule has 2 amide bonds. The maximum atomic E-state index is 13.5. The number of anilines is 2. The number of carboxylic acids is 1. The first kappa shape index (κ1) is 27.1. The van der Waals surface area contributed by atoms with Crippen LogP contribution in [0, 0.1) is 0 Å². The van der Waals surface area contributed by atoms with Crippen molar-refractivity contribution in [3.63, 3.8) is 0 Å². The average Bonchev–Trinajstić information content (AvgIpc) is 3.32. The third-order valence-electron chi connectivity index (χ3n) is 5.33. The van der Waals surface area contributed by atoms with Gasteiger partial charge in [-0.1, -0.05) is 12.1 Å². The Labute approximate surface area is 221 Å². The molecule has 0 aliphatic heterocycles. The van der Waals surface area contributed by atoms with Crippen LogP contribution in [-0.2, 0) is 11.3 Å². The molecule has 0 saturated carbocycles. The van der Waals surface area contributed by atoms with Crippen LogP contribution in [0.3, 0.4) is 0 Å². The number of aromatic carboxylic acids is 1. The molecule has 4 rings (SSSR count). The number of nitrogens with zero attached hydrogens (tertiary/aromatic N) is 5. The van der Waals surface area contributed by atoms with E-state index in [0.717, 1.165) is 16.5 Å². The largest absolute Gasteiger partial charge is 0.476 e. The Morgan fingerprint density at radius 2 is 1.87 bits per heavy atom. The number of aromatic nitrogens is 4. The first-order valence-electron chi connectivity index (χ1n) is 11.6. The quantitative estimate of drug-likeness (QED) is 0.331. The second-order valence-electron chi connectivity index (χ2n) is 9.39. The van der Waals surface area contributed by atoms with Crippen molar-refractivity contribution >= 4 is 40.4 Å². The van der Waals surface area contributed by atoms with Gasteiger partial charge in [0.2, 0.25) is 0 Å². The molecule has 1 aromatic carbocycles. The summed E-state index contributed by atoms with van der Waals surface area (Å²) in [5.41, 5.74) is -0.790. The number of alkyl halides is 2. The van der Waals surface area contributed by atoms with Gasteiger partial charge < -0.3 is 14.7 Å². The number of carbonyl (C=O) groups is 3. The minimum atomic E-state index is -3.24. The summed E-state index contributed by atoms with van der Waals surface area (Å²) in [6, 6.07) is 11.4. The number of carbonyl (C=O) groups excluding carboxylic acids is 2. The summed E-state index contributed by atoms with van der Waals surface area (Å²) in [7, 11) is 0. The molecule has 0 aliphatic carbocycles. The molecule has 11 nitrogen and oxygen atoms in total. The summed E-state index contributed by atoms with van der Waals surface area (Å²) < 4.78 is 32.3. The van der Waals surface area contributed by atoms with Gasteiger partial charge in [-0.2, -0.15) is 18.6 Å². The SMILES string of the molecule is CC(C)(C)OC(=O)Nc1ccc2ccc(CN(C(=O)c3cccnc3)c3cnn(C(F)F)c3C(=O)O)cc2n1. The van der Waals surface area contributed by atoms with Crippen LogP contribution in [0.1, 0.15) is 53.7 Å². The highest BCUT2D eigenvalue weighted by Crippen LogP contribution is 2.28. The van der Waals surface area contributed by atoms with E-state index in [0.29, 0.717) is 11.1 Å². The molecule has 0 unspecified atom stereocenters. The topological polar surface area (TPSA) is 140 Å². The molecule has 0 atom stereocenters. The number of ether oxygens (including phenoxy) is 1. The first-order valence-corrected chi connectivity index (χ1v) is 11.6. The highest BCUT2D eigenvalue weighted by atomic mass is 19.3. The van der Waals surface area contributed by atoms with Crippen LogP contribution in [-0.4, -0.2) is 48.4 Å². The zero-order valence-electron chi connectivity index (χ0n) is 21.1. The molecule has 2 N–H and O–H groups in total. The number of benzene rings is 1. The van der Waals surface area contributed by atoms with Gasteiger partial charge >= 0.3 is 18.6 Å². The van der Waals surface area contributed by atoms with E-state index in [-0.39, 0.29) is 28.3 Å². The third-order valence-corrected chi connectivity index (χ3v) is 5.33. The molecule has 0 radical (unpaired) electrons. The number of rotatable bonds is 7. The summed E-state index contributed by atoms with van der Waals surface area (Å²) in [6.07, 6.45) is 2.96. The fourth-order valence-electron chi connectivity index (χ4n) is 3.74. The Hall–Kier alpha value is -4.94. The molecular weight excluding hydrogens is 514 g/mol. The zero-order valence-corrected chi connectivity index (χ0v) is 21.1. The maximum Gasteiger partial charge on any atom is 0.413 e. The van der Waals surface area contributed by atoms with Crippen LogP contribution in [0.4, 0.5) is 25.1 Å². The Morgan fingerprint density at radius 3 is 2.51 bits per heavy atom. The van der Waals surface area contributed by atoms with Gasteiger partial charge in [0.1, 0.15) is 11.4 Å². The van der Waals surface area contributed by atoms with Crippen LogP contribution in [0.15, 0.2) is 61.1 Å². The average molecular weight is 539 g/mol. The fraction of sp³-hybridized carbons (Fsp3) is 0.231. The van der Waals surface area contributed by atoms with Gasteiger partial charge in [-0.3, -0.25) is 15.1 Å². The minimum Gasteiger partial charge on any atom is -0.476 e. The van der Waals surface area contributed by atoms with Crippen molar-refractivity contribution in [3.8, 4) is 0 Å². The Morgan fingerprint density at radius 1 is 1.13 bits per heavy atom. The lowest BCUT2D eigenvalue weighted by atomic mass is 10.1. The molecule has 3 aromatic heterocycles. The van der Waals surface area contributed by atoms with E-state index in [4.69, 9.17) is 4.74 Å². The molecule has 0 bridgehead atoms. The second kappa shape index (κ2) is 10.8. The predicted octanol–water partition coefficient (Wildman–Crippen LogP) is 5.11. The number of hydrogen-bond donors (Lipinski definition) is 2. The van der Waals surface area contributed by atoms with Crippen molar-refractivity contribution < 1.29 is 33.0 Å². The van der Waals surface area contributed by atoms with Crippen molar-refractivity contribution in [1.29, 1.82) is 0 Å². The van der Waals surface area contributed by atoms with E-state index in [2.05, 4.69) is 20.4 Å². The van der Waals surface area contributed by atoms with Gasteiger partial charge in [-0.25, -0.2) is 14.6 Å². The Bertz CT molecular complexity index is 1540. The summed E-state index contributed by atoms with van der Waals surface area (Å²) in [6.45, 7) is 1.75. The van der Waals surface area contributed by atoms with Crippen molar-refractivity contribution in [2.24, 2.45) is 0 Å². The van der Waals surface area contributed by atoms with Crippen LogP contribution in [0.5, 0.6) is 0 Å². The van der Waals surface area contributed by atoms with E-state index < -0.39 is 35.8 Å². The maximum absolute atomic E-state index is 13.5. The van der Waals surface area contributed by atoms with E-state index >= 15 is 0 Å². The molecule has 4 aromatic rings. The van der Waals surface area contributed by atoms with Crippen LogP contribution < -0.4 is 10.2 Å². The van der Waals surface area contributed by atoms with Crippen molar-refractivity contribution in [1.82, 2.24) is 19.7 Å². The summed E-state index contributed by atoms with van der Waals surface area (Å²) in [4.78, 5) is 46.9. The Balaban J connectivity index is 1.72. The molecule has 13 heteroatoms. The van der Waals surface area contributed by atoms with E-state index in [1.54, 1.807) is 51.1 Å². The van der Waals surface area contributed by atoms with E-state index in [1.807, 2.05) is 0 Å². The summed E-state index contributed by atoms with van der Waals surface area (Å²) in [5.74, 6) is -2.12. The number of halogens is 2. The molecule has 0 saturated heterocycles. The van der Waals surface area contributed by atoms with Crippen LogP contribution >= 0.6 is 0 Å². The highest BCUT2D eigenvalue weighted by molar-refractivity contribution is 6.08. The highest BCUT2D eigenvalue weighted by Gasteiger charge is 2.30. The number of hydrogen-bond acceptors (Lipinski definition) is 7. The lowest BCUT2D eigenvalue weighted by molar-refractivity contribution is 0.0440. The van der Waals surface area contributed by atoms with E-state index in [1.165, 1.54) is 24.5 Å². The number of pyridine rings is 2. The van der Waals surface area contributed by atoms with Crippen molar-refractivity contribution in [2.45, 2.75) is 39.5 Å². The number of carboxylic acid groups (broad SMARTS) is 1. The number of amides is 2. The monoisotopic (exact) mass is 538 g/mol. The van der Waals surface area contributed by atoms with Gasteiger partial charge in [-0.05, 0) is 56.7 Å². The van der Waals surface area contributed by atoms with Crippen LogP contribution in [0.2, 0.25) is 0 Å². The van der Waals surface area contributed by atoms with Gasteiger partial charge in [0.25, 0.3) is 5.91 Å². The third kappa shape index (κ3) is 6.32. The first-order chi connectivity index (χ1) is 18.4. The normalized spacial score (nSPS) is 11.4. The number of nitrogens with one attached hydrogen (secondary N) is 1. The van der Waals surface area contributed by atoms with Gasteiger partial charge in [0.05, 0.1) is 29.5 Å². The van der Waals surface area contributed by atoms with Gasteiger partial charge in [-0.15, -0.1) is 0 Å². The zero-order chi connectivity index (χ0) is 28.3. The van der Waals surface area contributed by atoms with Crippen molar-refractivity contribution in [3.05, 3.63) is 77.9 Å². The number of fused-ring (bicyclic) bond motifs is 1. The molecule has 39 heavy (non-hydrogen) atoms. The summed E-state index contributed by atoms with van der Waals surface area (Å²) in [5, 5.41) is 16.4. The lowest BCUT2D eigenvalue weighted by Gasteiger charge is -2.23. The van der Waals surface area contributed by atoms with E-state index in [9.17, 15) is 28.3 Å². The minimum absolute atomic E-state index is 0.0394. The smallest absolute Gasteiger partial charge is 0.413 e. The molecule has 202 valence electrons. The molecule has 0 spiro atoms. The standard InChI is InChI=1S/C26H24F2N6O5/c1-26(2,3)39-25(38)32-20-9-8-16-7-6-15(11-18(16)31-20)14-33(22(35)17-5-4-10-29-12-17)19-13-30-34(24(27)28)21(19)23(36)37/h4-13,24H,14H2,1-3H3,(H,36,37)(H,31,32,38). The molecular formula is C26H24F2N6O5. The second-order valence-corrected chi connectivity index (χ2v) is 9.39. The fourth-order valence-corrected chi connectivity index (χ4v) is 3.74. The summed E-state index contributed by atoms with van der Waals surface area (Å²) >= 11 is 0. The molecule has 3 heterocycles. The molecule has 0 fully saturated rings. The van der Waals surface area contributed by atoms with Gasteiger partial charge in [0, 0.05) is 17.8 Å². The predicted molar refractivity (Wildman–Crippen MR) is 137 cm³/mol. The molecule has 0 aliphatic rings.